The van der Waals surface area contributed by atoms with Crippen LogP contribution in [0.2, 0.25) is 0 Å². The molecular formula is C22H30FIN6O. The highest BCUT2D eigenvalue weighted by atomic mass is 127. The Morgan fingerprint density at radius 1 is 1.26 bits per heavy atom. The van der Waals surface area contributed by atoms with Crippen LogP contribution in [-0.2, 0) is 17.8 Å². The zero-order valence-corrected chi connectivity index (χ0v) is 20.0. The van der Waals surface area contributed by atoms with Crippen molar-refractivity contribution in [2.75, 3.05) is 31.6 Å². The number of carbonyl (C=O) groups excluding carboxylic acids is 1. The van der Waals surface area contributed by atoms with E-state index in [2.05, 4.69) is 25.5 Å². The minimum atomic E-state index is -0.255. The molecule has 9 heteroatoms. The van der Waals surface area contributed by atoms with Crippen LogP contribution in [0.3, 0.4) is 0 Å². The largest absolute Gasteiger partial charge is 0.369 e. The third-order valence-corrected chi connectivity index (χ3v) is 5.31. The highest BCUT2D eigenvalue weighted by Gasteiger charge is 2.25. The number of nitrogens with zero attached hydrogens (tertiary/aromatic N) is 3. The summed E-state index contributed by atoms with van der Waals surface area (Å²) < 4.78 is 13.7. The van der Waals surface area contributed by atoms with E-state index in [-0.39, 0.29) is 41.6 Å². The second-order valence-electron chi connectivity index (χ2n) is 7.37. The van der Waals surface area contributed by atoms with Gasteiger partial charge in [-0.25, -0.2) is 9.37 Å². The highest BCUT2D eigenvalue weighted by Crippen LogP contribution is 2.24. The molecule has 1 atom stereocenters. The van der Waals surface area contributed by atoms with Gasteiger partial charge in [0.2, 0.25) is 5.91 Å². The normalized spacial score (nSPS) is 16.4. The lowest BCUT2D eigenvalue weighted by atomic mass is 9.97. The molecule has 0 aliphatic carbocycles. The molecule has 168 valence electrons. The van der Waals surface area contributed by atoms with Crippen LogP contribution in [0.1, 0.15) is 24.0 Å². The Morgan fingerprint density at radius 2 is 2.03 bits per heavy atom. The third-order valence-electron chi connectivity index (χ3n) is 5.31. The van der Waals surface area contributed by atoms with Crippen LogP contribution in [0.25, 0.3) is 0 Å². The number of guanidine groups is 1. The number of pyridine rings is 1. The Labute approximate surface area is 199 Å². The van der Waals surface area contributed by atoms with E-state index in [1.165, 1.54) is 6.07 Å². The molecular weight excluding hydrogens is 510 g/mol. The predicted octanol–water partition coefficient (Wildman–Crippen LogP) is 2.45. The van der Waals surface area contributed by atoms with E-state index in [4.69, 9.17) is 5.73 Å². The van der Waals surface area contributed by atoms with Crippen molar-refractivity contribution in [2.24, 2.45) is 16.6 Å². The molecule has 1 aromatic heterocycles. The number of carbonyl (C=O) groups is 1. The summed E-state index contributed by atoms with van der Waals surface area (Å²) in [6, 6.07) is 10.7. The van der Waals surface area contributed by atoms with E-state index in [9.17, 15) is 9.18 Å². The second-order valence-corrected chi connectivity index (χ2v) is 7.37. The highest BCUT2D eigenvalue weighted by molar-refractivity contribution is 14.0. The summed E-state index contributed by atoms with van der Waals surface area (Å²) in [5.41, 5.74) is 7.20. The standard InChI is InChI=1S/C22H29FN6O.HI/c1-25-22(27-12-10-16-6-2-3-9-19(16)23)28-14-17-7-4-11-26-21(17)29-13-5-8-18(15-29)20(24)30;/h2-4,6-7,9,11,18H,5,8,10,12-15H2,1H3,(H2,24,30)(H2,25,27,28);1H. The van der Waals surface area contributed by atoms with Crippen LogP contribution in [0.5, 0.6) is 0 Å². The number of anilines is 1. The Morgan fingerprint density at radius 3 is 2.77 bits per heavy atom. The molecule has 3 rings (SSSR count). The van der Waals surface area contributed by atoms with Crippen LogP contribution < -0.4 is 21.3 Å². The molecule has 0 radical (unpaired) electrons. The summed E-state index contributed by atoms with van der Waals surface area (Å²) in [4.78, 5) is 22.5. The van der Waals surface area contributed by atoms with E-state index in [0.717, 1.165) is 30.8 Å². The van der Waals surface area contributed by atoms with E-state index in [1.54, 1.807) is 25.4 Å². The van der Waals surface area contributed by atoms with Crippen molar-refractivity contribution in [1.82, 2.24) is 15.6 Å². The van der Waals surface area contributed by atoms with Gasteiger partial charge in [0.25, 0.3) is 0 Å². The van der Waals surface area contributed by atoms with Crippen LogP contribution in [0.15, 0.2) is 47.6 Å². The number of amides is 1. The summed E-state index contributed by atoms with van der Waals surface area (Å²) in [5.74, 6) is 0.898. The molecule has 1 aliphatic rings. The summed E-state index contributed by atoms with van der Waals surface area (Å²) in [6.45, 7) is 2.53. The van der Waals surface area contributed by atoms with Crippen molar-refractivity contribution in [3.05, 3.63) is 59.5 Å². The number of piperidine rings is 1. The molecule has 2 aromatic rings. The average Bonchev–Trinajstić information content (AvgIpc) is 2.77. The van der Waals surface area contributed by atoms with Gasteiger partial charge in [-0.2, -0.15) is 0 Å². The predicted molar refractivity (Wildman–Crippen MR) is 132 cm³/mol. The lowest BCUT2D eigenvalue weighted by Crippen LogP contribution is -2.42. The van der Waals surface area contributed by atoms with E-state index in [1.807, 2.05) is 18.2 Å². The van der Waals surface area contributed by atoms with Gasteiger partial charge in [-0.05, 0) is 37.0 Å². The molecule has 1 fully saturated rings. The van der Waals surface area contributed by atoms with Gasteiger partial charge in [-0.1, -0.05) is 24.3 Å². The zero-order valence-electron chi connectivity index (χ0n) is 17.7. The number of primary amides is 1. The molecule has 1 unspecified atom stereocenters. The topological polar surface area (TPSA) is 95.6 Å². The van der Waals surface area contributed by atoms with Gasteiger partial charge in [0.1, 0.15) is 11.6 Å². The second kappa shape index (κ2) is 12.4. The Bertz CT molecular complexity index is 894. The molecule has 31 heavy (non-hydrogen) atoms. The van der Waals surface area contributed by atoms with Crippen LogP contribution >= 0.6 is 24.0 Å². The van der Waals surface area contributed by atoms with Gasteiger partial charge in [0.05, 0.1) is 5.92 Å². The fourth-order valence-electron chi connectivity index (χ4n) is 3.67. The summed E-state index contributed by atoms with van der Waals surface area (Å²) in [5, 5.41) is 6.50. The first-order valence-corrected chi connectivity index (χ1v) is 10.2. The first kappa shape index (κ1) is 24.8. The summed E-state index contributed by atoms with van der Waals surface area (Å²) >= 11 is 0. The van der Waals surface area contributed by atoms with Crippen molar-refractivity contribution in [2.45, 2.75) is 25.8 Å². The Balaban J connectivity index is 0.00000341. The first-order chi connectivity index (χ1) is 14.6. The number of aliphatic imine (C=N–C) groups is 1. The number of aromatic nitrogens is 1. The molecule has 0 spiro atoms. The van der Waals surface area contributed by atoms with E-state index >= 15 is 0 Å². The molecule has 1 amide bonds. The molecule has 0 saturated carbocycles. The first-order valence-electron chi connectivity index (χ1n) is 10.2. The monoisotopic (exact) mass is 540 g/mol. The summed E-state index contributed by atoms with van der Waals surface area (Å²) in [7, 11) is 1.70. The van der Waals surface area contributed by atoms with Crippen molar-refractivity contribution in [1.29, 1.82) is 0 Å². The van der Waals surface area contributed by atoms with Crippen molar-refractivity contribution >= 4 is 41.7 Å². The minimum absolute atomic E-state index is 0. The number of nitrogens with one attached hydrogen (secondary N) is 2. The van der Waals surface area contributed by atoms with Crippen molar-refractivity contribution < 1.29 is 9.18 Å². The van der Waals surface area contributed by atoms with Gasteiger partial charge >= 0.3 is 0 Å². The molecule has 1 aromatic carbocycles. The fourth-order valence-corrected chi connectivity index (χ4v) is 3.67. The van der Waals surface area contributed by atoms with Gasteiger partial charge in [-0.15, -0.1) is 24.0 Å². The number of rotatable bonds is 7. The van der Waals surface area contributed by atoms with Crippen LogP contribution in [0.4, 0.5) is 10.2 Å². The van der Waals surface area contributed by atoms with Crippen LogP contribution in [0, 0.1) is 11.7 Å². The van der Waals surface area contributed by atoms with Gasteiger partial charge in [0, 0.05) is 45.0 Å². The molecule has 2 heterocycles. The number of halogens is 2. The molecule has 7 nitrogen and oxygen atoms in total. The van der Waals surface area contributed by atoms with Gasteiger partial charge in [0.15, 0.2) is 5.96 Å². The maximum Gasteiger partial charge on any atom is 0.222 e. The number of nitrogens with two attached hydrogens (primary N) is 1. The van der Waals surface area contributed by atoms with Crippen LogP contribution in [-0.4, -0.2) is 43.5 Å². The molecule has 4 N–H and O–H groups in total. The summed E-state index contributed by atoms with van der Waals surface area (Å²) in [6.07, 6.45) is 4.06. The van der Waals surface area contributed by atoms with E-state index in [0.29, 0.717) is 37.6 Å². The maximum absolute atomic E-state index is 13.7. The molecule has 1 aliphatic heterocycles. The minimum Gasteiger partial charge on any atom is -0.369 e. The number of hydrogen-bond donors (Lipinski definition) is 3. The van der Waals surface area contributed by atoms with Gasteiger partial charge in [-0.3, -0.25) is 9.79 Å². The average molecular weight is 540 g/mol. The maximum atomic E-state index is 13.7. The number of benzene rings is 1. The van der Waals surface area contributed by atoms with Gasteiger partial charge < -0.3 is 21.3 Å². The Hall–Kier alpha value is -2.43. The lowest BCUT2D eigenvalue weighted by molar-refractivity contribution is -0.122. The number of hydrogen-bond acceptors (Lipinski definition) is 4. The molecule has 0 bridgehead atoms. The molecule has 1 saturated heterocycles. The van der Waals surface area contributed by atoms with Crippen molar-refractivity contribution in [3.8, 4) is 0 Å². The quantitative estimate of drug-likeness (QED) is 0.285. The van der Waals surface area contributed by atoms with E-state index < -0.39 is 0 Å². The SMILES string of the molecule is CN=C(NCCc1ccccc1F)NCc1cccnc1N1CCCC(C(N)=O)C1.I. The van der Waals surface area contributed by atoms with Crippen molar-refractivity contribution in [3.63, 3.8) is 0 Å². The fraction of sp³-hybridized carbons (Fsp3) is 0.409. The Kier molecular flexibility index (Phi) is 9.96. The lowest BCUT2D eigenvalue weighted by Gasteiger charge is -2.33. The zero-order chi connectivity index (χ0) is 21.3. The third kappa shape index (κ3) is 7.05. The smallest absolute Gasteiger partial charge is 0.222 e.